The zero-order chi connectivity index (χ0) is 19.8. The predicted molar refractivity (Wildman–Crippen MR) is 88.2 cm³/mol. The van der Waals surface area contributed by atoms with Gasteiger partial charge in [-0.15, -0.1) is 0 Å². The van der Waals surface area contributed by atoms with Gasteiger partial charge in [0.2, 0.25) is 5.69 Å². The maximum Gasteiger partial charge on any atom is 0.213 e. The summed E-state index contributed by atoms with van der Waals surface area (Å²) < 4.78 is 40.0. The fourth-order valence-corrected chi connectivity index (χ4v) is 2.44. The first kappa shape index (κ1) is 9.46. The van der Waals surface area contributed by atoms with Crippen molar-refractivity contribution in [2.45, 2.75) is 20.1 Å². The van der Waals surface area contributed by atoms with Crippen molar-refractivity contribution in [3.8, 4) is 22.5 Å². The summed E-state index contributed by atoms with van der Waals surface area (Å²) in [4.78, 5) is 8.08. The second-order valence-electron chi connectivity index (χ2n) is 5.12. The molecule has 0 saturated carbocycles. The molecule has 0 aliphatic carbocycles. The van der Waals surface area contributed by atoms with Crippen LogP contribution in [0.5, 0.6) is 0 Å². The van der Waals surface area contributed by atoms with E-state index in [0.29, 0.717) is 5.69 Å². The molecule has 0 fully saturated rings. The van der Waals surface area contributed by atoms with Gasteiger partial charge in [-0.2, -0.15) is 0 Å². The van der Waals surface area contributed by atoms with Crippen LogP contribution in [0.2, 0.25) is 0 Å². The number of aryl methyl sites for hydroxylation is 3. The average molecular weight is 295 g/mol. The molecule has 0 atom stereocenters. The van der Waals surface area contributed by atoms with Gasteiger partial charge < -0.3 is 0 Å². The highest BCUT2D eigenvalue weighted by Gasteiger charge is 2.14. The Balaban J connectivity index is 2.10. The third-order valence-corrected chi connectivity index (χ3v) is 3.63. The van der Waals surface area contributed by atoms with Gasteiger partial charge in [-0.05, 0) is 24.6 Å². The molecule has 2 aromatic heterocycles. The normalized spacial score (nSPS) is 15.3. The van der Waals surface area contributed by atoms with Gasteiger partial charge in [-0.25, -0.2) is 14.5 Å². The number of nitrogens with zero attached hydrogens (tertiary/aromatic N) is 3. The molecule has 0 amide bonds. The van der Waals surface area contributed by atoms with Crippen molar-refractivity contribution < 1.29 is 11.4 Å². The van der Waals surface area contributed by atoms with E-state index in [1.54, 1.807) is 6.07 Å². The molecule has 1 aromatic carbocycles. The molecule has 110 valence electrons. The Morgan fingerprint density at radius 2 is 2.09 bits per heavy atom. The number of pyridine rings is 1. The molecule has 3 aromatic rings. The molecule has 0 radical (unpaired) electrons. The van der Waals surface area contributed by atoms with Crippen LogP contribution in [0, 0.1) is 6.92 Å². The summed E-state index contributed by atoms with van der Waals surface area (Å²) in [5.74, 6) is -0.342. The summed E-state index contributed by atoms with van der Waals surface area (Å²) in [6.07, 6.45) is 0.667. The van der Waals surface area contributed by atoms with Gasteiger partial charge in [0.1, 0.15) is 12.9 Å². The van der Waals surface area contributed by atoms with Crippen molar-refractivity contribution in [2.24, 2.45) is 7.05 Å². The fourth-order valence-electron chi connectivity index (χ4n) is 2.44. The van der Waals surface area contributed by atoms with E-state index < -0.39 is 13.2 Å². The first-order chi connectivity index (χ1) is 12.6. The summed E-state index contributed by atoms with van der Waals surface area (Å²) in [5, 5.41) is 0. The van der Waals surface area contributed by atoms with E-state index in [0.717, 1.165) is 22.4 Å². The lowest BCUT2D eigenvalue weighted by atomic mass is 10.0. The highest BCUT2D eigenvalue weighted by Crippen LogP contribution is 2.24. The first-order valence-corrected chi connectivity index (χ1v) is 7.01. The van der Waals surface area contributed by atoms with Crippen LogP contribution in [0.3, 0.4) is 0 Å². The second-order valence-corrected chi connectivity index (χ2v) is 5.12. The van der Waals surface area contributed by atoms with Gasteiger partial charge in [0.25, 0.3) is 0 Å². The molecule has 0 bridgehead atoms. The third kappa shape index (κ3) is 2.75. The van der Waals surface area contributed by atoms with Crippen LogP contribution in [0.1, 0.15) is 25.1 Å². The predicted octanol–water partition coefficient (Wildman–Crippen LogP) is 3.51. The van der Waals surface area contributed by atoms with Gasteiger partial charge in [0, 0.05) is 42.7 Å². The monoisotopic (exact) mass is 295 g/mol. The molecule has 0 spiro atoms. The van der Waals surface area contributed by atoms with Crippen LogP contribution in [0.25, 0.3) is 22.5 Å². The number of rotatable bonds is 3. The van der Waals surface area contributed by atoms with Crippen molar-refractivity contribution in [3.05, 3.63) is 66.2 Å². The minimum atomic E-state index is -2.85. The van der Waals surface area contributed by atoms with E-state index in [4.69, 9.17) is 6.85 Å². The fraction of sp³-hybridized carbons (Fsp3) is 0.211. The highest BCUT2D eigenvalue weighted by atomic mass is 14.9. The molecule has 0 N–H and O–H groups in total. The standard InChI is InChI=1S/C19H20N3/c1-4-19-20-11-9-17(21-19)15-10-12-22(3)18(13-15)16-8-6-5-7-14(16)2/h5-13H,4H2,1-3H3/q+1/i1D3,4D2. The van der Waals surface area contributed by atoms with Crippen LogP contribution >= 0.6 is 0 Å². The number of hydrogen-bond acceptors (Lipinski definition) is 2. The van der Waals surface area contributed by atoms with E-state index in [9.17, 15) is 0 Å². The van der Waals surface area contributed by atoms with E-state index >= 15 is 0 Å². The SMILES string of the molecule is [2H]C([2H])([2H])C([2H])([2H])c1nccc(-c2cc[n+](C)c(-c3ccccc3C)c2)n1. The maximum absolute atomic E-state index is 7.89. The molecule has 0 unspecified atom stereocenters. The van der Waals surface area contributed by atoms with E-state index in [2.05, 4.69) is 9.97 Å². The third-order valence-electron chi connectivity index (χ3n) is 3.63. The number of benzene rings is 1. The van der Waals surface area contributed by atoms with Crippen molar-refractivity contribution in [3.63, 3.8) is 0 Å². The van der Waals surface area contributed by atoms with Crippen molar-refractivity contribution in [2.75, 3.05) is 0 Å². The zero-order valence-electron chi connectivity index (χ0n) is 17.5. The molecule has 0 saturated heterocycles. The largest absolute Gasteiger partial charge is 0.241 e. The van der Waals surface area contributed by atoms with Crippen LogP contribution < -0.4 is 4.57 Å². The summed E-state index contributed by atoms with van der Waals surface area (Å²) in [6, 6.07) is 13.5. The summed E-state index contributed by atoms with van der Waals surface area (Å²) >= 11 is 0. The minimum absolute atomic E-state index is 0.342. The Hall–Kier alpha value is -2.55. The molecule has 3 rings (SSSR count). The van der Waals surface area contributed by atoms with Crippen molar-refractivity contribution in [1.82, 2.24) is 9.97 Å². The molecule has 22 heavy (non-hydrogen) atoms. The first-order valence-electron chi connectivity index (χ1n) is 9.51. The number of hydrogen-bond donors (Lipinski definition) is 0. The van der Waals surface area contributed by atoms with E-state index in [-0.39, 0.29) is 5.82 Å². The summed E-state index contributed by atoms with van der Waals surface area (Å²) in [5.41, 5.74) is 4.42. The van der Waals surface area contributed by atoms with Crippen LogP contribution in [0.4, 0.5) is 0 Å². The molecular weight excluding hydrogens is 270 g/mol. The average Bonchev–Trinajstić information content (AvgIpc) is 2.62. The Labute approximate surface area is 138 Å². The quantitative estimate of drug-likeness (QED) is 0.692. The highest BCUT2D eigenvalue weighted by molar-refractivity contribution is 5.68. The Kier molecular flexibility index (Phi) is 2.61. The van der Waals surface area contributed by atoms with Crippen molar-refractivity contribution >= 4 is 0 Å². The maximum atomic E-state index is 7.89. The lowest BCUT2D eigenvalue weighted by Gasteiger charge is -2.07. The number of aromatic nitrogens is 3. The minimum Gasteiger partial charge on any atom is -0.241 e. The Morgan fingerprint density at radius 1 is 1.23 bits per heavy atom. The second kappa shape index (κ2) is 6.06. The molecule has 0 aliphatic heterocycles. The molecule has 2 heterocycles. The zero-order valence-corrected chi connectivity index (χ0v) is 12.5. The molecular formula is C19H20N3+. The van der Waals surface area contributed by atoms with Crippen LogP contribution in [-0.2, 0) is 13.4 Å². The van der Waals surface area contributed by atoms with Gasteiger partial charge in [-0.3, -0.25) is 0 Å². The summed E-state index contributed by atoms with van der Waals surface area (Å²) in [7, 11) is 1.95. The van der Waals surface area contributed by atoms with E-state index in [1.165, 1.54) is 6.20 Å². The molecule has 0 aliphatic rings. The topological polar surface area (TPSA) is 29.7 Å². The van der Waals surface area contributed by atoms with Gasteiger partial charge in [-0.1, -0.05) is 25.1 Å². The molecule has 3 nitrogen and oxygen atoms in total. The summed E-state index contributed by atoms with van der Waals surface area (Å²) in [6.45, 7) is -0.809. The van der Waals surface area contributed by atoms with E-state index in [1.807, 2.05) is 61.1 Å². The van der Waals surface area contributed by atoms with Gasteiger partial charge in [0.15, 0.2) is 6.20 Å². The lowest BCUT2D eigenvalue weighted by Crippen LogP contribution is -2.30. The van der Waals surface area contributed by atoms with Crippen molar-refractivity contribution in [1.29, 1.82) is 0 Å². The Morgan fingerprint density at radius 3 is 2.91 bits per heavy atom. The lowest BCUT2D eigenvalue weighted by molar-refractivity contribution is -0.660. The smallest absolute Gasteiger partial charge is 0.213 e. The van der Waals surface area contributed by atoms with Crippen LogP contribution in [0.15, 0.2) is 54.9 Å². The van der Waals surface area contributed by atoms with Crippen LogP contribution in [-0.4, -0.2) is 9.97 Å². The van der Waals surface area contributed by atoms with Gasteiger partial charge >= 0.3 is 0 Å². The molecule has 3 heteroatoms. The van der Waals surface area contributed by atoms with Gasteiger partial charge in [0.05, 0.1) is 5.69 Å². The Bertz CT molecular complexity index is 983.